The molecule has 1 atom stereocenters. The number of hydrogen-bond donors (Lipinski definition) is 1. The first kappa shape index (κ1) is 12.8. The number of fused-ring (bicyclic) bond motifs is 1. The minimum atomic E-state index is -0.0989. The van der Waals surface area contributed by atoms with Crippen LogP contribution in [-0.4, -0.2) is 4.98 Å². The Bertz CT molecular complexity index is 742. The van der Waals surface area contributed by atoms with Crippen LogP contribution >= 0.6 is 0 Å². The molecule has 0 fully saturated rings. The lowest BCUT2D eigenvalue weighted by Crippen LogP contribution is -2.12. The summed E-state index contributed by atoms with van der Waals surface area (Å²) in [5.74, 6) is 0. The molecule has 0 aliphatic rings. The summed E-state index contributed by atoms with van der Waals surface area (Å²) in [4.78, 5) is 4.34. The molecular weight excluding hydrogens is 244 g/mol. The Morgan fingerprint density at radius 3 is 2.40 bits per heavy atom. The molecule has 3 rings (SSSR count). The van der Waals surface area contributed by atoms with Crippen molar-refractivity contribution in [3.8, 4) is 0 Å². The van der Waals surface area contributed by atoms with Gasteiger partial charge in [-0.15, -0.1) is 0 Å². The molecule has 0 amide bonds. The van der Waals surface area contributed by atoms with Crippen LogP contribution in [0, 0.1) is 13.8 Å². The molecule has 0 saturated carbocycles. The third-order valence-corrected chi connectivity index (χ3v) is 3.59. The van der Waals surface area contributed by atoms with E-state index in [0.717, 1.165) is 22.0 Å². The van der Waals surface area contributed by atoms with Crippen LogP contribution in [0.15, 0.2) is 54.7 Å². The van der Waals surface area contributed by atoms with Crippen molar-refractivity contribution in [2.75, 3.05) is 0 Å². The Hall–Kier alpha value is -2.19. The van der Waals surface area contributed by atoms with E-state index in [9.17, 15) is 0 Å². The van der Waals surface area contributed by atoms with Gasteiger partial charge in [0.25, 0.3) is 0 Å². The minimum absolute atomic E-state index is 0.0989. The predicted molar refractivity (Wildman–Crippen MR) is 83.7 cm³/mol. The van der Waals surface area contributed by atoms with Gasteiger partial charge in [0.15, 0.2) is 0 Å². The molecule has 0 bridgehead atoms. The summed E-state index contributed by atoms with van der Waals surface area (Å²) in [6.07, 6.45) is 1.81. The van der Waals surface area contributed by atoms with Crippen molar-refractivity contribution in [1.82, 2.24) is 4.98 Å². The van der Waals surface area contributed by atoms with Crippen molar-refractivity contribution in [3.05, 3.63) is 77.0 Å². The normalized spacial score (nSPS) is 12.6. The Labute approximate surface area is 119 Å². The SMILES string of the molecule is Cc1cc(C)cc(C(N)c2ccc3ncccc3c2)c1. The van der Waals surface area contributed by atoms with Gasteiger partial charge in [-0.2, -0.15) is 0 Å². The van der Waals surface area contributed by atoms with Crippen molar-refractivity contribution in [1.29, 1.82) is 0 Å². The van der Waals surface area contributed by atoms with Crippen LogP contribution in [0.3, 0.4) is 0 Å². The van der Waals surface area contributed by atoms with E-state index in [4.69, 9.17) is 5.73 Å². The van der Waals surface area contributed by atoms with Crippen LogP contribution < -0.4 is 5.73 Å². The predicted octanol–water partition coefficient (Wildman–Crippen LogP) is 3.90. The van der Waals surface area contributed by atoms with Crippen LogP contribution in [0.1, 0.15) is 28.3 Å². The number of aromatic nitrogens is 1. The van der Waals surface area contributed by atoms with E-state index < -0.39 is 0 Å². The standard InChI is InChI=1S/C18H18N2/c1-12-8-13(2)10-16(9-12)18(19)15-5-6-17-14(11-15)4-3-7-20-17/h3-11,18H,19H2,1-2H3. The second-order valence-electron chi connectivity index (χ2n) is 5.35. The highest BCUT2D eigenvalue weighted by Crippen LogP contribution is 2.24. The summed E-state index contributed by atoms with van der Waals surface area (Å²) >= 11 is 0. The Balaban J connectivity index is 2.05. The quantitative estimate of drug-likeness (QED) is 0.760. The Kier molecular flexibility index (Phi) is 3.25. The summed E-state index contributed by atoms with van der Waals surface area (Å²) < 4.78 is 0. The molecule has 2 N–H and O–H groups in total. The number of aryl methyl sites for hydroxylation is 2. The molecule has 0 aliphatic carbocycles. The van der Waals surface area contributed by atoms with Crippen molar-refractivity contribution in [2.24, 2.45) is 5.73 Å². The topological polar surface area (TPSA) is 38.9 Å². The van der Waals surface area contributed by atoms with Gasteiger partial charge in [-0.25, -0.2) is 0 Å². The van der Waals surface area contributed by atoms with Gasteiger partial charge in [-0.1, -0.05) is 41.5 Å². The lowest BCUT2D eigenvalue weighted by molar-refractivity contribution is 0.869. The molecule has 0 spiro atoms. The van der Waals surface area contributed by atoms with E-state index in [-0.39, 0.29) is 6.04 Å². The van der Waals surface area contributed by atoms with E-state index in [0.29, 0.717) is 0 Å². The second-order valence-corrected chi connectivity index (χ2v) is 5.35. The van der Waals surface area contributed by atoms with Crippen LogP contribution in [-0.2, 0) is 0 Å². The molecule has 2 heteroatoms. The highest BCUT2D eigenvalue weighted by Gasteiger charge is 2.10. The molecule has 0 aliphatic heterocycles. The zero-order chi connectivity index (χ0) is 14.1. The molecule has 3 aromatic rings. The molecule has 2 aromatic carbocycles. The number of rotatable bonds is 2. The van der Waals surface area contributed by atoms with Gasteiger partial charge < -0.3 is 5.73 Å². The van der Waals surface area contributed by atoms with Gasteiger partial charge in [-0.05, 0) is 43.2 Å². The fraction of sp³-hybridized carbons (Fsp3) is 0.167. The average molecular weight is 262 g/mol. The minimum Gasteiger partial charge on any atom is -0.320 e. The number of hydrogen-bond acceptors (Lipinski definition) is 2. The smallest absolute Gasteiger partial charge is 0.0702 e. The lowest BCUT2D eigenvalue weighted by atomic mass is 9.95. The number of benzene rings is 2. The zero-order valence-electron chi connectivity index (χ0n) is 11.8. The first-order valence-electron chi connectivity index (χ1n) is 6.82. The first-order valence-corrected chi connectivity index (χ1v) is 6.82. The maximum Gasteiger partial charge on any atom is 0.0702 e. The van der Waals surface area contributed by atoms with Gasteiger partial charge in [0.05, 0.1) is 11.6 Å². The zero-order valence-corrected chi connectivity index (χ0v) is 11.8. The Morgan fingerprint density at radius 2 is 1.65 bits per heavy atom. The van der Waals surface area contributed by atoms with E-state index in [1.807, 2.05) is 18.3 Å². The third-order valence-electron chi connectivity index (χ3n) is 3.59. The van der Waals surface area contributed by atoms with Gasteiger partial charge in [0, 0.05) is 11.6 Å². The van der Waals surface area contributed by atoms with Crippen molar-refractivity contribution >= 4 is 10.9 Å². The number of nitrogens with zero attached hydrogens (tertiary/aromatic N) is 1. The van der Waals surface area contributed by atoms with E-state index in [1.54, 1.807) is 0 Å². The van der Waals surface area contributed by atoms with Crippen LogP contribution in [0.2, 0.25) is 0 Å². The van der Waals surface area contributed by atoms with Crippen LogP contribution in [0.25, 0.3) is 10.9 Å². The van der Waals surface area contributed by atoms with Gasteiger partial charge >= 0.3 is 0 Å². The molecule has 1 unspecified atom stereocenters. The summed E-state index contributed by atoms with van der Waals surface area (Å²) in [6.45, 7) is 4.21. The molecular formula is C18H18N2. The lowest BCUT2D eigenvalue weighted by Gasteiger charge is -2.15. The fourth-order valence-electron chi connectivity index (χ4n) is 2.67. The summed E-state index contributed by atoms with van der Waals surface area (Å²) in [5.41, 5.74) is 12.2. The summed E-state index contributed by atoms with van der Waals surface area (Å²) in [5, 5.41) is 1.13. The number of pyridine rings is 1. The van der Waals surface area contributed by atoms with Crippen molar-refractivity contribution in [2.45, 2.75) is 19.9 Å². The van der Waals surface area contributed by atoms with Crippen molar-refractivity contribution < 1.29 is 0 Å². The Morgan fingerprint density at radius 1 is 0.900 bits per heavy atom. The molecule has 1 heterocycles. The van der Waals surface area contributed by atoms with E-state index in [1.165, 1.54) is 11.1 Å². The van der Waals surface area contributed by atoms with Gasteiger partial charge in [0.2, 0.25) is 0 Å². The second kappa shape index (κ2) is 5.06. The molecule has 0 radical (unpaired) electrons. The van der Waals surface area contributed by atoms with E-state index in [2.05, 4.69) is 55.2 Å². The highest BCUT2D eigenvalue weighted by molar-refractivity contribution is 5.79. The summed E-state index contributed by atoms with van der Waals surface area (Å²) in [7, 11) is 0. The monoisotopic (exact) mass is 262 g/mol. The maximum absolute atomic E-state index is 6.42. The maximum atomic E-state index is 6.42. The summed E-state index contributed by atoms with van der Waals surface area (Å²) in [6, 6.07) is 16.6. The van der Waals surface area contributed by atoms with Crippen LogP contribution in [0.5, 0.6) is 0 Å². The molecule has 0 saturated heterocycles. The van der Waals surface area contributed by atoms with Gasteiger partial charge in [-0.3, -0.25) is 4.98 Å². The van der Waals surface area contributed by atoms with E-state index >= 15 is 0 Å². The number of nitrogens with two attached hydrogens (primary N) is 1. The molecule has 2 nitrogen and oxygen atoms in total. The van der Waals surface area contributed by atoms with Crippen molar-refractivity contribution in [3.63, 3.8) is 0 Å². The van der Waals surface area contributed by atoms with Crippen LogP contribution in [0.4, 0.5) is 0 Å². The highest BCUT2D eigenvalue weighted by atomic mass is 14.7. The fourth-order valence-corrected chi connectivity index (χ4v) is 2.67. The molecule has 100 valence electrons. The average Bonchev–Trinajstić information content (AvgIpc) is 2.45. The molecule has 20 heavy (non-hydrogen) atoms. The molecule has 1 aromatic heterocycles. The largest absolute Gasteiger partial charge is 0.320 e. The first-order chi connectivity index (χ1) is 9.63. The third kappa shape index (κ3) is 2.43. The van der Waals surface area contributed by atoms with Gasteiger partial charge in [0.1, 0.15) is 0 Å².